The van der Waals surface area contributed by atoms with E-state index in [1.165, 1.54) is 0 Å². The van der Waals surface area contributed by atoms with Crippen molar-refractivity contribution in [2.45, 2.75) is 11.8 Å². The number of hydrogen-bond acceptors (Lipinski definition) is 3. The lowest BCUT2D eigenvalue weighted by Gasteiger charge is -2.11. The minimum absolute atomic E-state index is 0.218. The van der Waals surface area contributed by atoms with E-state index in [4.69, 9.17) is 11.6 Å². The Labute approximate surface area is 143 Å². The van der Waals surface area contributed by atoms with E-state index in [0.717, 1.165) is 15.8 Å². The quantitative estimate of drug-likeness (QED) is 0.692. The van der Waals surface area contributed by atoms with Gasteiger partial charge < -0.3 is 5.32 Å². The highest BCUT2D eigenvalue weighted by molar-refractivity contribution is 14.1. The van der Waals surface area contributed by atoms with Gasteiger partial charge in [-0.2, -0.15) is 0 Å². The zero-order valence-electron chi connectivity index (χ0n) is 11.2. The van der Waals surface area contributed by atoms with Crippen molar-refractivity contribution < 1.29 is 8.42 Å². The molecule has 0 saturated heterocycles. The second-order valence-corrected chi connectivity index (χ2v) is 7.57. The molecule has 0 spiro atoms. The van der Waals surface area contributed by atoms with Gasteiger partial charge in [0.05, 0.1) is 10.6 Å². The second-order valence-electron chi connectivity index (χ2n) is 4.28. The Balaban J connectivity index is 2.25. The number of benzene rings is 2. The lowest BCUT2D eigenvalue weighted by Crippen LogP contribution is -2.13. The van der Waals surface area contributed by atoms with Crippen LogP contribution < -0.4 is 10.0 Å². The molecule has 0 heterocycles. The van der Waals surface area contributed by atoms with Crippen molar-refractivity contribution in [2.75, 3.05) is 16.6 Å². The number of rotatable bonds is 5. The number of nitrogens with one attached hydrogen (secondary N) is 2. The largest absolute Gasteiger partial charge is 0.385 e. The maximum Gasteiger partial charge on any atom is 0.261 e. The van der Waals surface area contributed by atoms with Crippen molar-refractivity contribution >= 4 is 55.6 Å². The van der Waals surface area contributed by atoms with Gasteiger partial charge in [-0.1, -0.05) is 11.6 Å². The normalized spacial score (nSPS) is 11.2. The molecule has 7 heteroatoms. The summed E-state index contributed by atoms with van der Waals surface area (Å²) in [5, 5.41) is 3.69. The molecule has 0 aromatic heterocycles. The molecule has 0 amide bonds. The van der Waals surface area contributed by atoms with E-state index in [1.807, 2.05) is 29.5 Å². The summed E-state index contributed by atoms with van der Waals surface area (Å²) in [6, 6.07) is 11.6. The third-order valence-corrected chi connectivity index (χ3v) is 5.23. The highest BCUT2D eigenvalue weighted by Crippen LogP contribution is 2.25. The van der Waals surface area contributed by atoms with Crippen LogP contribution in [0.15, 0.2) is 47.4 Å². The molecule has 0 saturated carbocycles. The van der Waals surface area contributed by atoms with Gasteiger partial charge in [0.15, 0.2) is 0 Å². The fourth-order valence-corrected chi connectivity index (χ4v) is 4.00. The number of sulfonamides is 1. The topological polar surface area (TPSA) is 58.2 Å². The van der Waals surface area contributed by atoms with E-state index in [9.17, 15) is 8.42 Å². The van der Waals surface area contributed by atoms with Crippen LogP contribution in [0.2, 0.25) is 5.02 Å². The van der Waals surface area contributed by atoms with Crippen LogP contribution in [-0.2, 0) is 10.0 Å². The smallest absolute Gasteiger partial charge is 0.261 e. The summed E-state index contributed by atoms with van der Waals surface area (Å²) < 4.78 is 28.0. The van der Waals surface area contributed by atoms with Crippen LogP contribution in [-0.4, -0.2) is 15.0 Å². The van der Waals surface area contributed by atoms with E-state index < -0.39 is 10.0 Å². The molecule has 21 heavy (non-hydrogen) atoms. The number of halogens is 2. The van der Waals surface area contributed by atoms with Gasteiger partial charge in [0.1, 0.15) is 0 Å². The first-order chi connectivity index (χ1) is 9.92. The van der Waals surface area contributed by atoms with Crippen LogP contribution in [0.4, 0.5) is 11.4 Å². The van der Waals surface area contributed by atoms with Crippen molar-refractivity contribution in [1.29, 1.82) is 0 Å². The van der Waals surface area contributed by atoms with E-state index >= 15 is 0 Å². The van der Waals surface area contributed by atoms with Crippen molar-refractivity contribution in [3.8, 4) is 0 Å². The van der Waals surface area contributed by atoms with Gasteiger partial charge >= 0.3 is 0 Å². The summed E-state index contributed by atoms with van der Waals surface area (Å²) >= 11 is 7.90. The Morgan fingerprint density at radius 2 is 1.81 bits per heavy atom. The molecule has 112 valence electrons. The van der Waals surface area contributed by atoms with Gasteiger partial charge in [0.2, 0.25) is 0 Å². The molecule has 0 fully saturated rings. The molecule has 0 atom stereocenters. The predicted octanol–water partition coefficient (Wildman–Crippen LogP) is 4.18. The highest BCUT2D eigenvalue weighted by atomic mass is 127. The Morgan fingerprint density at radius 3 is 2.38 bits per heavy atom. The van der Waals surface area contributed by atoms with Crippen LogP contribution in [0.1, 0.15) is 6.92 Å². The molecule has 2 N–H and O–H groups in total. The first-order valence-corrected chi connectivity index (χ1v) is 9.18. The van der Waals surface area contributed by atoms with E-state index in [2.05, 4.69) is 10.0 Å². The molecule has 2 aromatic carbocycles. The summed E-state index contributed by atoms with van der Waals surface area (Å²) in [7, 11) is -3.61. The lowest BCUT2D eigenvalue weighted by molar-refractivity contribution is 0.601. The minimum Gasteiger partial charge on any atom is -0.385 e. The summed E-state index contributed by atoms with van der Waals surface area (Å²) in [6.45, 7) is 2.77. The van der Waals surface area contributed by atoms with Crippen LogP contribution in [0.3, 0.4) is 0 Å². The second kappa shape index (κ2) is 6.85. The summed E-state index contributed by atoms with van der Waals surface area (Å²) in [5.74, 6) is 0. The maximum absolute atomic E-state index is 12.3. The molecule has 0 aliphatic rings. The maximum atomic E-state index is 12.3. The zero-order chi connectivity index (χ0) is 15.5. The average Bonchev–Trinajstić information content (AvgIpc) is 2.43. The minimum atomic E-state index is -3.61. The molecule has 0 unspecified atom stereocenters. The van der Waals surface area contributed by atoms with Gasteiger partial charge in [0, 0.05) is 20.8 Å². The van der Waals surface area contributed by atoms with Crippen LogP contribution in [0.5, 0.6) is 0 Å². The standard InChI is InChI=1S/C14H14ClIN2O2S/c1-2-17-11-4-6-12(7-5-11)21(19,20)18-14-8-3-10(15)9-13(14)16/h3-9,17-18H,2H2,1H3. The Bertz CT molecular complexity index is 733. The molecule has 0 aliphatic heterocycles. The SMILES string of the molecule is CCNc1ccc(S(=O)(=O)Nc2ccc(Cl)cc2I)cc1. The average molecular weight is 437 g/mol. The molecule has 4 nitrogen and oxygen atoms in total. The fraction of sp³-hybridized carbons (Fsp3) is 0.143. The van der Waals surface area contributed by atoms with E-state index in [1.54, 1.807) is 42.5 Å². The molecule has 2 aromatic rings. The molecule has 0 aliphatic carbocycles. The summed E-state index contributed by atoms with van der Waals surface area (Å²) in [4.78, 5) is 0.218. The Morgan fingerprint density at radius 1 is 1.14 bits per heavy atom. The monoisotopic (exact) mass is 436 g/mol. The van der Waals surface area contributed by atoms with E-state index in [-0.39, 0.29) is 4.90 Å². The Hall–Kier alpha value is -0.990. The fourth-order valence-electron chi connectivity index (χ4n) is 1.73. The highest BCUT2D eigenvalue weighted by Gasteiger charge is 2.15. The molecule has 2 rings (SSSR count). The molecular weight excluding hydrogens is 423 g/mol. The number of anilines is 2. The van der Waals surface area contributed by atoms with Gasteiger partial charge in [-0.3, -0.25) is 4.72 Å². The van der Waals surface area contributed by atoms with Crippen LogP contribution in [0.25, 0.3) is 0 Å². The zero-order valence-corrected chi connectivity index (χ0v) is 15.0. The van der Waals surface area contributed by atoms with Crippen molar-refractivity contribution in [3.63, 3.8) is 0 Å². The first kappa shape index (κ1) is 16.4. The van der Waals surface area contributed by atoms with Crippen molar-refractivity contribution in [1.82, 2.24) is 0 Å². The third-order valence-electron chi connectivity index (χ3n) is 2.72. The lowest BCUT2D eigenvalue weighted by atomic mass is 10.3. The van der Waals surface area contributed by atoms with Crippen LogP contribution in [0, 0.1) is 3.57 Å². The molecule has 0 radical (unpaired) electrons. The van der Waals surface area contributed by atoms with Gasteiger partial charge in [0.25, 0.3) is 10.0 Å². The van der Waals surface area contributed by atoms with Gasteiger partial charge in [-0.05, 0) is 72.0 Å². The first-order valence-electron chi connectivity index (χ1n) is 6.24. The Kier molecular flexibility index (Phi) is 5.34. The van der Waals surface area contributed by atoms with Crippen molar-refractivity contribution in [2.24, 2.45) is 0 Å². The van der Waals surface area contributed by atoms with E-state index in [0.29, 0.717) is 10.7 Å². The number of hydrogen-bond donors (Lipinski definition) is 2. The summed E-state index contributed by atoms with van der Waals surface area (Å²) in [5.41, 5.74) is 1.40. The van der Waals surface area contributed by atoms with Crippen molar-refractivity contribution in [3.05, 3.63) is 51.1 Å². The van der Waals surface area contributed by atoms with Gasteiger partial charge in [-0.25, -0.2) is 8.42 Å². The predicted molar refractivity (Wildman–Crippen MR) is 95.6 cm³/mol. The summed E-state index contributed by atoms with van der Waals surface area (Å²) in [6.07, 6.45) is 0. The molecule has 0 bridgehead atoms. The van der Waals surface area contributed by atoms with Crippen LogP contribution >= 0.6 is 34.2 Å². The third kappa shape index (κ3) is 4.24. The van der Waals surface area contributed by atoms with Gasteiger partial charge in [-0.15, -0.1) is 0 Å². The molecular formula is C14H14ClIN2O2S.